The van der Waals surface area contributed by atoms with Crippen molar-refractivity contribution in [3.05, 3.63) is 0 Å². The molecule has 2 atom stereocenters. The molecule has 1 aliphatic rings. The third kappa shape index (κ3) is 0.421. The lowest BCUT2D eigenvalue weighted by Gasteiger charge is -1.79. The van der Waals surface area contributed by atoms with Crippen LogP contribution in [-0.4, -0.2) is 18.3 Å². The molecule has 0 nitrogen and oxygen atoms in total. The summed E-state index contributed by atoms with van der Waals surface area (Å²) in [6.45, 7) is 0. The van der Waals surface area contributed by atoms with E-state index in [9.17, 15) is 17.6 Å². The third-order valence-electron chi connectivity index (χ3n) is 0.883. The zero-order valence-electron chi connectivity index (χ0n) is 3.17. The van der Waals surface area contributed by atoms with E-state index in [0.717, 1.165) is 0 Å². The molecule has 0 spiro atoms. The van der Waals surface area contributed by atoms with Gasteiger partial charge in [-0.05, 0) is 0 Å². The lowest BCUT2D eigenvalue weighted by Crippen LogP contribution is -1.93. The number of halogens is 4. The maximum atomic E-state index is 11.2. The van der Waals surface area contributed by atoms with Crippen molar-refractivity contribution in [1.82, 2.24) is 0 Å². The standard InChI is InChI=1S/C3H2F4/c4-1-2(5)3(1,6)7/h1-2H/t1-,2-/m1/s1. The van der Waals surface area contributed by atoms with Crippen molar-refractivity contribution in [3.8, 4) is 0 Å². The van der Waals surface area contributed by atoms with Gasteiger partial charge in [-0.15, -0.1) is 0 Å². The summed E-state index contributed by atoms with van der Waals surface area (Å²) in [5, 5.41) is 0. The summed E-state index contributed by atoms with van der Waals surface area (Å²) in [5.41, 5.74) is 0. The van der Waals surface area contributed by atoms with Gasteiger partial charge < -0.3 is 0 Å². The summed E-state index contributed by atoms with van der Waals surface area (Å²) in [6.07, 6.45) is -5.07. The van der Waals surface area contributed by atoms with Crippen LogP contribution in [0.4, 0.5) is 17.6 Å². The Morgan fingerprint density at radius 2 is 1.14 bits per heavy atom. The molecule has 7 heavy (non-hydrogen) atoms. The van der Waals surface area contributed by atoms with Crippen LogP contribution in [0.15, 0.2) is 0 Å². The van der Waals surface area contributed by atoms with Gasteiger partial charge in [0.25, 0.3) is 0 Å². The van der Waals surface area contributed by atoms with Crippen molar-refractivity contribution in [2.24, 2.45) is 0 Å². The van der Waals surface area contributed by atoms with E-state index in [1.54, 1.807) is 0 Å². The van der Waals surface area contributed by atoms with E-state index in [1.165, 1.54) is 0 Å². The smallest absolute Gasteiger partial charge is 0.237 e. The van der Waals surface area contributed by atoms with Crippen molar-refractivity contribution in [1.29, 1.82) is 0 Å². The van der Waals surface area contributed by atoms with E-state index in [-0.39, 0.29) is 0 Å². The summed E-state index contributed by atoms with van der Waals surface area (Å²) >= 11 is 0. The number of alkyl halides is 4. The molecule has 4 heteroatoms. The maximum absolute atomic E-state index is 11.2. The second kappa shape index (κ2) is 0.928. The van der Waals surface area contributed by atoms with Gasteiger partial charge in [-0.1, -0.05) is 0 Å². The lowest BCUT2D eigenvalue weighted by molar-refractivity contribution is 0.0688. The Labute approximate surface area is 37.1 Å². The summed E-state index contributed by atoms with van der Waals surface area (Å²) in [6, 6.07) is 0. The van der Waals surface area contributed by atoms with Crippen LogP contribution in [0, 0.1) is 0 Å². The fourth-order valence-corrected chi connectivity index (χ4v) is 0.255. The number of rotatable bonds is 0. The van der Waals surface area contributed by atoms with Crippen LogP contribution < -0.4 is 0 Å². The third-order valence-corrected chi connectivity index (χ3v) is 0.883. The average Bonchev–Trinajstić information content (AvgIpc) is 1.91. The summed E-state index contributed by atoms with van der Waals surface area (Å²) < 4.78 is 44.7. The Balaban J connectivity index is 2.52. The fourth-order valence-electron chi connectivity index (χ4n) is 0.255. The second-order valence-electron chi connectivity index (χ2n) is 1.48. The first kappa shape index (κ1) is 4.87. The summed E-state index contributed by atoms with van der Waals surface area (Å²) in [4.78, 5) is 0. The van der Waals surface area contributed by atoms with Crippen molar-refractivity contribution in [2.75, 3.05) is 0 Å². The molecule has 0 amide bonds. The van der Waals surface area contributed by atoms with Gasteiger partial charge in [-0.2, -0.15) is 8.78 Å². The second-order valence-corrected chi connectivity index (χ2v) is 1.48. The predicted octanol–water partition coefficient (Wildman–Crippen LogP) is 1.31. The van der Waals surface area contributed by atoms with Gasteiger partial charge in [0.15, 0.2) is 0 Å². The molecule has 0 unspecified atom stereocenters. The Bertz CT molecular complexity index is 78.9. The molecule has 0 aromatic heterocycles. The van der Waals surface area contributed by atoms with Gasteiger partial charge in [0.2, 0.25) is 12.3 Å². The van der Waals surface area contributed by atoms with Gasteiger partial charge in [-0.25, -0.2) is 8.78 Å². The zero-order chi connectivity index (χ0) is 5.65. The molecule has 1 fully saturated rings. The zero-order valence-corrected chi connectivity index (χ0v) is 3.17. The first-order chi connectivity index (χ1) is 3.07. The minimum Gasteiger partial charge on any atom is -0.237 e. The van der Waals surface area contributed by atoms with Crippen LogP contribution in [0.1, 0.15) is 0 Å². The van der Waals surface area contributed by atoms with Crippen LogP contribution in [0.2, 0.25) is 0 Å². The molecule has 1 aliphatic carbocycles. The van der Waals surface area contributed by atoms with Crippen LogP contribution >= 0.6 is 0 Å². The highest BCUT2D eigenvalue weighted by Crippen LogP contribution is 2.47. The molecular weight excluding hydrogens is 112 g/mol. The molecule has 0 N–H and O–H groups in total. The molecule has 0 radical (unpaired) electrons. The van der Waals surface area contributed by atoms with Crippen LogP contribution in [0.5, 0.6) is 0 Å². The quantitative estimate of drug-likeness (QED) is 0.416. The molecule has 1 saturated carbocycles. The van der Waals surface area contributed by atoms with Gasteiger partial charge in [-0.3, -0.25) is 0 Å². The Morgan fingerprint density at radius 3 is 1.14 bits per heavy atom. The SMILES string of the molecule is F[C@@H]1[C@@H](F)C1(F)F. The number of hydrogen-bond donors (Lipinski definition) is 0. The molecule has 0 heterocycles. The molecule has 0 bridgehead atoms. The van der Waals surface area contributed by atoms with E-state index in [4.69, 9.17) is 0 Å². The first-order valence-electron chi connectivity index (χ1n) is 1.73. The molecule has 0 aromatic rings. The maximum Gasteiger partial charge on any atom is 0.315 e. The Morgan fingerprint density at radius 1 is 1.00 bits per heavy atom. The van der Waals surface area contributed by atoms with Crippen molar-refractivity contribution in [3.63, 3.8) is 0 Å². The monoisotopic (exact) mass is 114 g/mol. The largest absolute Gasteiger partial charge is 0.315 e. The van der Waals surface area contributed by atoms with Crippen molar-refractivity contribution < 1.29 is 17.6 Å². The van der Waals surface area contributed by atoms with E-state index >= 15 is 0 Å². The molecule has 0 aromatic carbocycles. The Hall–Kier alpha value is -0.280. The van der Waals surface area contributed by atoms with Gasteiger partial charge in [0.05, 0.1) is 0 Å². The van der Waals surface area contributed by atoms with E-state index in [0.29, 0.717) is 0 Å². The van der Waals surface area contributed by atoms with Gasteiger partial charge >= 0.3 is 5.92 Å². The topological polar surface area (TPSA) is 0 Å². The molecule has 0 aliphatic heterocycles. The summed E-state index contributed by atoms with van der Waals surface area (Å²) in [7, 11) is 0. The minimum absolute atomic E-state index is 2.53. The lowest BCUT2D eigenvalue weighted by atomic mass is 10.8. The van der Waals surface area contributed by atoms with Crippen LogP contribution in [0.3, 0.4) is 0 Å². The van der Waals surface area contributed by atoms with Crippen LogP contribution in [-0.2, 0) is 0 Å². The normalized spacial score (nSPS) is 46.3. The Kier molecular flexibility index (Phi) is 0.645. The molecule has 1 rings (SSSR count). The number of hydrogen-bond acceptors (Lipinski definition) is 0. The molecular formula is C3H2F4. The van der Waals surface area contributed by atoms with Gasteiger partial charge in [0.1, 0.15) is 0 Å². The highest BCUT2D eigenvalue weighted by atomic mass is 19.3. The molecule has 0 saturated heterocycles. The summed E-state index contributed by atoms with van der Waals surface area (Å²) in [5.74, 6) is -3.67. The van der Waals surface area contributed by atoms with Gasteiger partial charge in [0, 0.05) is 0 Å². The minimum atomic E-state index is -3.67. The fraction of sp³-hybridized carbons (Fsp3) is 1.00. The van der Waals surface area contributed by atoms with E-state index in [1.807, 2.05) is 0 Å². The van der Waals surface area contributed by atoms with Crippen LogP contribution in [0.25, 0.3) is 0 Å². The van der Waals surface area contributed by atoms with E-state index < -0.39 is 18.3 Å². The first-order valence-corrected chi connectivity index (χ1v) is 1.73. The highest BCUT2D eigenvalue weighted by molar-refractivity contribution is 5.07. The van der Waals surface area contributed by atoms with Crippen molar-refractivity contribution >= 4 is 0 Å². The molecule has 42 valence electrons. The van der Waals surface area contributed by atoms with E-state index in [2.05, 4.69) is 0 Å². The highest BCUT2D eigenvalue weighted by Gasteiger charge is 2.71. The predicted molar refractivity (Wildman–Crippen MR) is 14.7 cm³/mol. The van der Waals surface area contributed by atoms with Crippen molar-refractivity contribution in [2.45, 2.75) is 18.3 Å². The average molecular weight is 114 g/mol.